The molecule has 90 valence electrons. The molecule has 0 bridgehead atoms. The Labute approximate surface area is 103 Å². The van der Waals surface area contributed by atoms with Crippen molar-refractivity contribution in [2.45, 2.75) is 4.90 Å². The molecule has 1 aromatic heterocycles. The molecule has 5 nitrogen and oxygen atoms in total. The summed E-state index contributed by atoms with van der Waals surface area (Å²) in [6.07, 6.45) is 0. The van der Waals surface area contributed by atoms with Gasteiger partial charge in [0.1, 0.15) is 4.90 Å². The molecule has 0 aliphatic heterocycles. The number of hydrogen-bond acceptors (Lipinski definition) is 5. The summed E-state index contributed by atoms with van der Waals surface area (Å²) in [7, 11) is -3.80. The zero-order valence-electron chi connectivity index (χ0n) is 8.75. The Morgan fingerprint density at radius 1 is 1.24 bits per heavy atom. The molecule has 0 saturated heterocycles. The van der Waals surface area contributed by atoms with Crippen LogP contribution in [0.4, 0.5) is 17.1 Å². The summed E-state index contributed by atoms with van der Waals surface area (Å²) in [5.41, 5.74) is 7.27. The van der Waals surface area contributed by atoms with Crippen LogP contribution < -0.4 is 16.2 Å². The molecule has 2 rings (SSSR count). The van der Waals surface area contributed by atoms with Crippen LogP contribution in [-0.4, -0.2) is 8.42 Å². The number of benzene rings is 1. The van der Waals surface area contributed by atoms with E-state index in [4.69, 9.17) is 10.9 Å². The number of nitrogen functional groups attached to an aromatic ring is 1. The standard InChI is InChI=1S/C10H11N3O2S2/c11-10-8(13-7-4-5-16-6-7)2-1-3-9(10)17(12,14)15/h1-6,13H,11H2,(H2,12,14,15). The number of anilines is 3. The first-order valence-corrected chi connectivity index (χ1v) is 7.18. The molecule has 7 heteroatoms. The first kappa shape index (κ1) is 11.9. The molecule has 0 amide bonds. The number of primary sulfonamides is 1. The lowest BCUT2D eigenvalue weighted by atomic mass is 10.2. The second kappa shape index (κ2) is 4.36. The monoisotopic (exact) mass is 269 g/mol. The number of para-hydroxylation sites is 1. The van der Waals surface area contributed by atoms with Crippen LogP contribution >= 0.6 is 11.3 Å². The molecular formula is C10H11N3O2S2. The van der Waals surface area contributed by atoms with E-state index in [1.165, 1.54) is 17.4 Å². The normalized spacial score (nSPS) is 11.4. The molecule has 0 aliphatic carbocycles. The summed E-state index contributed by atoms with van der Waals surface area (Å²) in [5.74, 6) is 0. The van der Waals surface area contributed by atoms with Crippen molar-refractivity contribution in [3.63, 3.8) is 0 Å². The quantitative estimate of drug-likeness (QED) is 0.739. The van der Waals surface area contributed by atoms with Gasteiger partial charge in [0.2, 0.25) is 10.0 Å². The smallest absolute Gasteiger partial charge is 0.240 e. The molecule has 0 unspecified atom stereocenters. The van der Waals surface area contributed by atoms with Gasteiger partial charge in [-0.15, -0.1) is 0 Å². The van der Waals surface area contributed by atoms with Gasteiger partial charge >= 0.3 is 0 Å². The van der Waals surface area contributed by atoms with Crippen molar-refractivity contribution in [3.8, 4) is 0 Å². The van der Waals surface area contributed by atoms with E-state index in [9.17, 15) is 8.42 Å². The molecule has 0 saturated carbocycles. The van der Waals surface area contributed by atoms with Crippen molar-refractivity contribution in [3.05, 3.63) is 35.0 Å². The number of sulfonamides is 1. The fourth-order valence-electron chi connectivity index (χ4n) is 1.39. The fourth-order valence-corrected chi connectivity index (χ4v) is 2.66. The van der Waals surface area contributed by atoms with E-state index < -0.39 is 10.0 Å². The third-order valence-electron chi connectivity index (χ3n) is 2.17. The first-order chi connectivity index (χ1) is 7.98. The maximum Gasteiger partial charge on any atom is 0.240 e. The summed E-state index contributed by atoms with van der Waals surface area (Å²) < 4.78 is 22.6. The van der Waals surface area contributed by atoms with E-state index in [1.54, 1.807) is 12.1 Å². The van der Waals surface area contributed by atoms with Crippen LogP contribution in [0.15, 0.2) is 39.9 Å². The second-order valence-corrected chi connectivity index (χ2v) is 5.71. The van der Waals surface area contributed by atoms with Crippen molar-refractivity contribution in [2.24, 2.45) is 5.14 Å². The Morgan fingerprint density at radius 2 is 2.00 bits per heavy atom. The van der Waals surface area contributed by atoms with Crippen molar-refractivity contribution in [2.75, 3.05) is 11.1 Å². The number of nitrogens with one attached hydrogen (secondary N) is 1. The highest BCUT2D eigenvalue weighted by atomic mass is 32.2. The molecule has 17 heavy (non-hydrogen) atoms. The zero-order valence-corrected chi connectivity index (χ0v) is 10.4. The van der Waals surface area contributed by atoms with Gasteiger partial charge in [-0.05, 0) is 23.6 Å². The molecule has 1 aromatic carbocycles. The number of thiophene rings is 1. The molecule has 0 radical (unpaired) electrons. The third-order valence-corrected chi connectivity index (χ3v) is 3.83. The average molecular weight is 269 g/mol. The van der Waals surface area contributed by atoms with Gasteiger partial charge in [-0.3, -0.25) is 0 Å². The van der Waals surface area contributed by atoms with Gasteiger partial charge in [-0.25, -0.2) is 13.6 Å². The van der Waals surface area contributed by atoms with Gasteiger partial charge in [0.25, 0.3) is 0 Å². The molecule has 0 spiro atoms. The van der Waals surface area contributed by atoms with Gasteiger partial charge in [-0.1, -0.05) is 6.07 Å². The largest absolute Gasteiger partial charge is 0.396 e. The summed E-state index contributed by atoms with van der Waals surface area (Å²) in [6.45, 7) is 0. The van der Waals surface area contributed by atoms with Crippen LogP contribution in [0.5, 0.6) is 0 Å². The summed E-state index contributed by atoms with van der Waals surface area (Å²) >= 11 is 1.53. The minimum absolute atomic E-state index is 0.0715. The average Bonchev–Trinajstić information content (AvgIpc) is 2.72. The minimum atomic E-state index is -3.80. The Bertz CT molecular complexity index is 621. The fraction of sp³-hybridized carbons (Fsp3) is 0. The van der Waals surface area contributed by atoms with Crippen molar-refractivity contribution < 1.29 is 8.42 Å². The van der Waals surface area contributed by atoms with Crippen LogP contribution in [0.3, 0.4) is 0 Å². The maximum atomic E-state index is 11.3. The van der Waals surface area contributed by atoms with Gasteiger partial charge in [0.05, 0.1) is 11.4 Å². The van der Waals surface area contributed by atoms with Gasteiger partial charge < -0.3 is 11.1 Å². The number of rotatable bonds is 3. The van der Waals surface area contributed by atoms with E-state index in [0.717, 1.165) is 5.69 Å². The predicted octanol–water partition coefficient (Wildman–Crippen LogP) is 1.72. The highest BCUT2D eigenvalue weighted by molar-refractivity contribution is 7.89. The minimum Gasteiger partial charge on any atom is -0.396 e. The lowest BCUT2D eigenvalue weighted by Crippen LogP contribution is -2.15. The number of nitrogens with two attached hydrogens (primary N) is 2. The molecule has 5 N–H and O–H groups in total. The highest BCUT2D eigenvalue weighted by Crippen LogP contribution is 2.29. The van der Waals surface area contributed by atoms with Gasteiger partial charge in [-0.2, -0.15) is 11.3 Å². The molecular weight excluding hydrogens is 258 g/mol. The second-order valence-electron chi connectivity index (χ2n) is 3.40. The first-order valence-electron chi connectivity index (χ1n) is 4.69. The van der Waals surface area contributed by atoms with E-state index in [-0.39, 0.29) is 10.6 Å². The van der Waals surface area contributed by atoms with Crippen LogP contribution in [0.2, 0.25) is 0 Å². The Balaban J connectivity index is 2.43. The Hall–Kier alpha value is -1.57. The molecule has 0 atom stereocenters. The molecule has 0 fully saturated rings. The van der Waals surface area contributed by atoms with Crippen molar-refractivity contribution >= 4 is 38.4 Å². The van der Waals surface area contributed by atoms with Gasteiger partial charge in [0.15, 0.2) is 0 Å². The number of hydrogen-bond donors (Lipinski definition) is 3. The van der Waals surface area contributed by atoms with E-state index in [2.05, 4.69) is 5.32 Å². The molecule has 0 aliphatic rings. The SMILES string of the molecule is Nc1c(Nc2ccsc2)cccc1S(N)(=O)=O. The maximum absolute atomic E-state index is 11.3. The molecule has 2 aromatic rings. The van der Waals surface area contributed by atoms with Crippen LogP contribution in [-0.2, 0) is 10.0 Å². The topological polar surface area (TPSA) is 98.2 Å². The predicted molar refractivity (Wildman–Crippen MR) is 69.8 cm³/mol. The highest BCUT2D eigenvalue weighted by Gasteiger charge is 2.14. The Morgan fingerprint density at radius 3 is 2.59 bits per heavy atom. The van der Waals surface area contributed by atoms with Gasteiger partial charge in [0, 0.05) is 11.1 Å². The van der Waals surface area contributed by atoms with Crippen LogP contribution in [0, 0.1) is 0 Å². The van der Waals surface area contributed by atoms with E-state index in [1.807, 2.05) is 16.8 Å². The van der Waals surface area contributed by atoms with Crippen molar-refractivity contribution in [1.29, 1.82) is 0 Å². The summed E-state index contributed by atoms with van der Waals surface area (Å²) in [4.78, 5) is -0.0715. The van der Waals surface area contributed by atoms with E-state index in [0.29, 0.717) is 5.69 Å². The summed E-state index contributed by atoms with van der Waals surface area (Å²) in [6, 6.07) is 6.53. The summed E-state index contributed by atoms with van der Waals surface area (Å²) in [5, 5.41) is 11.9. The van der Waals surface area contributed by atoms with Crippen molar-refractivity contribution in [1.82, 2.24) is 0 Å². The Kier molecular flexibility index (Phi) is 3.05. The van der Waals surface area contributed by atoms with E-state index >= 15 is 0 Å². The van der Waals surface area contributed by atoms with Crippen LogP contribution in [0.25, 0.3) is 0 Å². The molecule has 1 heterocycles. The lowest BCUT2D eigenvalue weighted by Gasteiger charge is -2.10. The van der Waals surface area contributed by atoms with Crippen LogP contribution in [0.1, 0.15) is 0 Å². The third kappa shape index (κ3) is 2.57. The zero-order chi connectivity index (χ0) is 12.5. The lowest BCUT2D eigenvalue weighted by molar-refractivity contribution is 0.598.